The number of nitrogens with two attached hydrogens (primary N) is 1. The van der Waals surface area contributed by atoms with Crippen molar-refractivity contribution in [3.8, 4) is 0 Å². The van der Waals surface area contributed by atoms with Gasteiger partial charge in [-0.1, -0.05) is 0 Å². The van der Waals surface area contributed by atoms with Gasteiger partial charge in [-0.2, -0.15) is 4.98 Å². The van der Waals surface area contributed by atoms with Gasteiger partial charge in [0.1, 0.15) is 5.52 Å². The quantitative estimate of drug-likeness (QED) is 0.633. The van der Waals surface area contributed by atoms with Gasteiger partial charge in [-0.05, 0) is 31.4 Å². The normalized spacial score (nSPS) is 16.2. The Balaban J connectivity index is 2.06. The van der Waals surface area contributed by atoms with E-state index in [9.17, 15) is 0 Å². The van der Waals surface area contributed by atoms with Crippen molar-refractivity contribution < 1.29 is 0 Å². The SMILES string of the molecule is CN(N)c1nc(N2CCCCC2)nn2cccc12. The third kappa shape index (κ3) is 1.88. The van der Waals surface area contributed by atoms with Crippen LogP contribution in [0.1, 0.15) is 19.3 Å². The van der Waals surface area contributed by atoms with E-state index >= 15 is 0 Å². The fourth-order valence-electron chi connectivity index (χ4n) is 2.39. The van der Waals surface area contributed by atoms with Crippen molar-refractivity contribution in [1.29, 1.82) is 0 Å². The lowest BCUT2D eigenvalue weighted by Gasteiger charge is -2.27. The predicted molar refractivity (Wildman–Crippen MR) is 71.6 cm³/mol. The number of hydrogen-bond acceptors (Lipinski definition) is 5. The van der Waals surface area contributed by atoms with Gasteiger partial charge in [-0.3, -0.25) is 5.01 Å². The Morgan fingerprint density at radius 1 is 1.28 bits per heavy atom. The molecule has 2 aromatic rings. The minimum Gasteiger partial charge on any atom is -0.340 e. The Morgan fingerprint density at radius 3 is 2.78 bits per heavy atom. The van der Waals surface area contributed by atoms with Crippen molar-refractivity contribution in [3.05, 3.63) is 18.3 Å². The van der Waals surface area contributed by atoms with Crippen molar-refractivity contribution in [2.24, 2.45) is 5.84 Å². The van der Waals surface area contributed by atoms with E-state index in [1.54, 1.807) is 12.1 Å². The minimum absolute atomic E-state index is 0.760. The maximum atomic E-state index is 5.85. The monoisotopic (exact) mass is 246 g/mol. The lowest BCUT2D eigenvalue weighted by atomic mass is 10.1. The second-order valence-corrected chi connectivity index (χ2v) is 4.73. The lowest BCUT2D eigenvalue weighted by molar-refractivity contribution is 0.564. The first-order chi connectivity index (χ1) is 8.75. The zero-order valence-electron chi connectivity index (χ0n) is 10.6. The molecular weight excluding hydrogens is 228 g/mol. The first-order valence-corrected chi connectivity index (χ1v) is 6.34. The van der Waals surface area contributed by atoms with Crippen molar-refractivity contribution in [2.75, 3.05) is 30.0 Å². The minimum atomic E-state index is 0.760. The molecule has 0 radical (unpaired) electrons. The number of anilines is 2. The number of rotatable bonds is 2. The molecule has 1 saturated heterocycles. The highest BCUT2D eigenvalue weighted by atomic mass is 15.5. The van der Waals surface area contributed by atoms with E-state index in [1.165, 1.54) is 19.3 Å². The van der Waals surface area contributed by atoms with Gasteiger partial charge in [0.15, 0.2) is 5.82 Å². The van der Waals surface area contributed by atoms with E-state index < -0.39 is 0 Å². The van der Waals surface area contributed by atoms with Crippen molar-refractivity contribution in [1.82, 2.24) is 14.6 Å². The second-order valence-electron chi connectivity index (χ2n) is 4.73. The first-order valence-electron chi connectivity index (χ1n) is 6.34. The van der Waals surface area contributed by atoms with Gasteiger partial charge in [0.2, 0.25) is 5.95 Å². The van der Waals surface area contributed by atoms with Crippen molar-refractivity contribution >= 4 is 17.3 Å². The number of piperidine rings is 1. The number of hydrogen-bond donors (Lipinski definition) is 1. The van der Waals surface area contributed by atoms with Crippen LogP contribution >= 0.6 is 0 Å². The molecule has 0 aromatic carbocycles. The van der Waals surface area contributed by atoms with Gasteiger partial charge in [-0.25, -0.2) is 10.4 Å². The zero-order valence-corrected chi connectivity index (χ0v) is 10.6. The van der Waals surface area contributed by atoms with Crippen LogP contribution in [0, 0.1) is 0 Å². The Morgan fingerprint density at radius 2 is 2.06 bits per heavy atom. The average molecular weight is 246 g/mol. The summed E-state index contributed by atoms with van der Waals surface area (Å²) in [5, 5.41) is 6.10. The molecular formula is C12H18N6. The van der Waals surface area contributed by atoms with Gasteiger partial charge < -0.3 is 4.90 Å². The molecule has 3 rings (SSSR count). The number of aromatic nitrogens is 3. The molecule has 0 bridgehead atoms. The summed E-state index contributed by atoms with van der Waals surface area (Å²) in [5.41, 5.74) is 0.931. The molecule has 0 atom stereocenters. The fourth-order valence-corrected chi connectivity index (χ4v) is 2.39. The van der Waals surface area contributed by atoms with Gasteiger partial charge in [0.25, 0.3) is 0 Å². The molecule has 0 aliphatic carbocycles. The molecule has 3 heterocycles. The van der Waals surface area contributed by atoms with Crippen LogP contribution in [0.5, 0.6) is 0 Å². The standard InChI is InChI=1S/C12H18N6/c1-16(13)11-10-6-5-9-18(10)15-12(14-11)17-7-3-2-4-8-17/h5-6,9H,2-4,7-8,13H2,1H3. The number of nitrogens with zero attached hydrogens (tertiary/aromatic N) is 5. The zero-order chi connectivity index (χ0) is 12.5. The van der Waals surface area contributed by atoms with Crippen LogP contribution in [0.3, 0.4) is 0 Å². The van der Waals surface area contributed by atoms with Crippen LogP contribution in [-0.2, 0) is 0 Å². The third-order valence-electron chi connectivity index (χ3n) is 3.33. The highest BCUT2D eigenvalue weighted by Gasteiger charge is 2.17. The summed E-state index contributed by atoms with van der Waals surface area (Å²) in [6, 6.07) is 3.93. The summed E-state index contributed by atoms with van der Waals surface area (Å²) in [4.78, 5) is 6.82. The van der Waals surface area contributed by atoms with E-state index in [0.717, 1.165) is 30.4 Å². The lowest BCUT2D eigenvalue weighted by Crippen LogP contribution is -2.33. The molecule has 0 saturated carbocycles. The molecule has 2 aromatic heterocycles. The molecule has 6 heteroatoms. The Hall–Kier alpha value is -1.82. The molecule has 1 fully saturated rings. The maximum Gasteiger partial charge on any atom is 0.245 e. The van der Waals surface area contributed by atoms with Crippen LogP contribution in [0.2, 0.25) is 0 Å². The number of hydrazine groups is 1. The Labute approximate surface area is 106 Å². The van der Waals surface area contributed by atoms with Crippen LogP contribution in [-0.4, -0.2) is 34.7 Å². The van der Waals surface area contributed by atoms with Crippen LogP contribution in [0.25, 0.3) is 5.52 Å². The molecule has 2 N–H and O–H groups in total. The van der Waals surface area contributed by atoms with Crippen molar-refractivity contribution in [3.63, 3.8) is 0 Å². The van der Waals surface area contributed by atoms with Crippen LogP contribution in [0.4, 0.5) is 11.8 Å². The van der Waals surface area contributed by atoms with Gasteiger partial charge in [0, 0.05) is 26.3 Å². The molecule has 6 nitrogen and oxygen atoms in total. The topological polar surface area (TPSA) is 62.7 Å². The highest BCUT2D eigenvalue weighted by Crippen LogP contribution is 2.21. The molecule has 1 aliphatic heterocycles. The fraction of sp³-hybridized carbons (Fsp3) is 0.500. The van der Waals surface area contributed by atoms with Gasteiger partial charge in [0.05, 0.1) is 0 Å². The summed E-state index contributed by atoms with van der Waals surface area (Å²) in [7, 11) is 1.80. The smallest absolute Gasteiger partial charge is 0.245 e. The maximum absolute atomic E-state index is 5.85. The third-order valence-corrected chi connectivity index (χ3v) is 3.33. The van der Waals surface area contributed by atoms with Gasteiger partial charge in [-0.15, -0.1) is 5.10 Å². The summed E-state index contributed by atoms with van der Waals surface area (Å²) >= 11 is 0. The molecule has 1 aliphatic rings. The Bertz CT molecular complexity index is 540. The van der Waals surface area contributed by atoms with E-state index in [1.807, 2.05) is 22.8 Å². The van der Waals surface area contributed by atoms with E-state index in [2.05, 4.69) is 15.0 Å². The first kappa shape index (κ1) is 11.3. The highest BCUT2D eigenvalue weighted by molar-refractivity contribution is 5.69. The molecule has 0 unspecified atom stereocenters. The summed E-state index contributed by atoms with van der Waals surface area (Å²) in [5.74, 6) is 7.38. The Kier molecular flexibility index (Phi) is 2.79. The molecule has 0 amide bonds. The summed E-state index contributed by atoms with van der Waals surface area (Å²) in [6.07, 6.45) is 5.64. The van der Waals surface area contributed by atoms with E-state index in [-0.39, 0.29) is 0 Å². The van der Waals surface area contributed by atoms with E-state index in [4.69, 9.17) is 5.84 Å². The van der Waals surface area contributed by atoms with Crippen LogP contribution in [0.15, 0.2) is 18.3 Å². The predicted octanol–water partition coefficient (Wildman–Crippen LogP) is 1.03. The average Bonchev–Trinajstić information content (AvgIpc) is 2.86. The summed E-state index contributed by atoms with van der Waals surface area (Å²) < 4.78 is 1.84. The largest absolute Gasteiger partial charge is 0.340 e. The van der Waals surface area contributed by atoms with Gasteiger partial charge >= 0.3 is 0 Å². The van der Waals surface area contributed by atoms with Crippen molar-refractivity contribution in [2.45, 2.75) is 19.3 Å². The second kappa shape index (κ2) is 4.45. The summed E-state index contributed by atoms with van der Waals surface area (Å²) in [6.45, 7) is 2.06. The number of fused-ring (bicyclic) bond motifs is 1. The van der Waals surface area contributed by atoms with E-state index in [0.29, 0.717) is 0 Å². The van der Waals surface area contributed by atoms with Crippen LogP contribution < -0.4 is 15.8 Å². The molecule has 18 heavy (non-hydrogen) atoms. The molecule has 0 spiro atoms. The molecule has 96 valence electrons.